The highest BCUT2D eigenvalue weighted by Gasteiger charge is 2.37. The summed E-state index contributed by atoms with van der Waals surface area (Å²) in [6, 6.07) is 6.21. The smallest absolute Gasteiger partial charge is 0.292 e. The quantitative estimate of drug-likeness (QED) is 0.737. The van der Waals surface area contributed by atoms with E-state index in [9.17, 15) is 13.6 Å². The minimum absolute atomic E-state index is 0.0955. The van der Waals surface area contributed by atoms with Crippen molar-refractivity contribution in [3.05, 3.63) is 35.9 Å². The Hall–Kier alpha value is -1.45. The second-order valence-corrected chi connectivity index (χ2v) is 3.00. The van der Waals surface area contributed by atoms with Crippen molar-refractivity contribution in [3.8, 4) is 0 Å². The van der Waals surface area contributed by atoms with Crippen molar-refractivity contribution in [1.82, 2.24) is 5.32 Å². The highest BCUT2D eigenvalue weighted by molar-refractivity contribution is 5.47. The van der Waals surface area contributed by atoms with Gasteiger partial charge in [0.1, 0.15) is 0 Å². The Morgan fingerprint density at radius 2 is 1.93 bits per heavy atom. The molecule has 0 aliphatic carbocycles. The number of nitrogens with one attached hydrogen (secondary N) is 1. The zero-order valence-electron chi connectivity index (χ0n) is 7.71. The highest BCUT2D eigenvalue weighted by atomic mass is 19.3. The van der Waals surface area contributed by atoms with Crippen molar-refractivity contribution < 1.29 is 13.6 Å². The van der Waals surface area contributed by atoms with E-state index in [1.165, 1.54) is 31.2 Å². The van der Waals surface area contributed by atoms with E-state index in [0.29, 0.717) is 0 Å². The summed E-state index contributed by atoms with van der Waals surface area (Å²) < 4.78 is 27.0. The predicted octanol–water partition coefficient (Wildman–Crippen LogP) is 1.91. The summed E-state index contributed by atoms with van der Waals surface area (Å²) in [6.45, 7) is 1.27. The van der Waals surface area contributed by atoms with Gasteiger partial charge in [0.05, 0.1) is 6.04 Å². The fraction of sp³-hybridized carbons (Fsp3) is 0.300. The Bertz CT molecular complexity index is 300. The van der Waals surface area contributed by atoms with Crippen LogP contribution in [-0.4, -0.2) is 12.5 Å². The molecule has 4 heteroatoms. The third kappa shape index (κ3) is 2.07. The van der Waals surface area contributed by atoms with Gasteiger partial charge in [0, 0.05) is 5.56 Å². The lowest BCUT2D eigenvalue weighted by Gasteiger charge is -2.23. The molecule has 0 aromatic heterocycles. The van der Waals surface area contributed by atoms with Crippen molar-refractivity contribution in [3.63, 3.8) is 0 Å². The molecule has 0 aliphatic heterocycles. The molecule has 0 heterocycles. The van der Waals surface area contributed by atoms with Crippen LogP contribution in [0.2, 0.25) is 0 Å². The first-order chi connectivity index (χ1) is 6.59. The Morgan fingerprint density at radius 3 is 2.43 bits per heavy atom. The summed E-state index contributed by atoms with van der Waals surface area (Å²) in [4.78, 5) is 10.0. The van der Waals surface area contributed by atoms with Crippen LogP contribution >= 0.6 is 0 Å². The van der Waals surface area contributed by atoms with Gasteiger partial charge < -0.3 is 5.32 Å². The molecule has 1 rings (SSSR count). The number of hydrogen-bond acceptors (Lipinski definition) is 1. The maximum atomic E-state index is 13.5. The summed E-state index contributed by atoms with van der Waals surface area (Å²) in [5, 5.41) is 2.05. The monoisotopic (exact) mass is 199 g/mol. The molecular weight excluding hydrogens is 188 g/mol. The van der Waals surface area contributed by atoms with E-state index in [0.717, 1.165) is 0 Å². The van der Waals surface area contributed by atoms with Crippen LogP contribution in [0.4, 0.5) is 8.78 Å². The van der Waals surface area contributed by atoms with E-state index < -0.39 is 12.0 Å². The summed E-state index contributed by atoms with van der Waals surface area (Å²) in [5.41, 5.74) is -0.0955. The van der Waals surface area contributed by atoms with Crippen molar-refractivity contribution in [1.29, 1.82) is 0 Å². The number of halogens is 2. The first kappa shape index (κ1) is 10.6. The molecule has 1 N–H and O–H groups in total. The van der Waals surface area contributed by atoms with Crippen LogP contribution < -0.4 is 5.32 Å². The largest absolute Gasteiger partial charge is 0.350 e. The van der Waals surface area contributed by atoms with Crippen LogP contribution in [0, 0.1) is 0 Å². The molecule has 1 amide bonds. The van der Waals surface area contributed by atoms with Gasteiger partial charge >= 0.3 is 0 Å². The van der Waals surface area contributed by atoms with Crippen LogP contribution in [0.25, 0.3) is 0 Å². The van der Waals surface area contributed by atoms with Crippen molar-refractivity contribution in [2.24, 2.45) is 0 Å². The second kappa shape index (κ2) is 4.17. The topological polar surface area (TPSA) is 29.1 Å². The third-order valence-corrected chi connectivity index (χ3v) is 2.02. The lowest BCUT2D eigenvalue weighted by molar-refractivity contribution is -0.114. The molecular formula is C10H11F2NO. The van der Waals surface area contributed by atoms with Gasteiger partial charge in [-0.3, -0.25) is 4.79 Å². The second-order valence-electron chi connectivity index (χ2n) is 3.00. The molecule has 0 saturated carbocycles. The summed E-state index contributed by atoms with van der Waals surface area (Å²) in [6.07, 6.45) is 0.279. The van der Waals surface area contributed by atoms with Gasteiger partial charge in [-0.1, -0.05) is 30.3 Å². The Balaban J connectivity index is 2.89. The molecule has 1 aromatic carbocycles. The number of amides is 1. The van der Waals surface area contributed by atoms with E-state index in [2.05, 4.69) is 5.32 Å². The maximum Gasteiger partial charge on any atom is 0.292 e. The Labute approximate surface area is 80.9 Å². The van der Waals surface area contributed by atoms with Gasteiger partial charge in [-0.25, -0.2) is 0 Å². The van der Waals surface area contributed by atoms with E-state index in [4.69, 9.17) is 0 Å². The molecule has 0 fully saturated rings. The van der Waals surface area contributed by atoms with E-state index >= 15 is 0 Å². The summed E-state index contributed by atoms with van der Waals surface area (Å²) >= 11 is 0. The fourth-order valence-corrected chi connectivity index (χ4v) is 1.12. The lowest BCUT2D eigenvalue weighted by atomic mass is 10.0. The molecule has 0 saturated heterocycles. The summed E-state index contributed by atoms with van der Waals surface area (Å²) in [5.74, 6) is -3.04. The molecule has 14 heavy (non-hydrogen) atoms. The molecule has 1 atom stereocenters. The molecule has 0 aliphatic rings. The van der Waals surface area contributed by atoms with E-state index in [1.54, 1.807) is 6.07 Å². The molecule has 76 valence electrons. The molecule has 2 nitrogen and oxygen atoms in total. The number of carbonyl (C=O) groups is 1. The Kier molecular flexibility index (Phi) is 3.17. The third-order valence-electron chi connectivity index (χ3n) is 2.02. The van der Waals surface area contributed by atoms with E-state index in [1.807, 2.05) is 0 Å². The van der Waals surface area contributed by atoms with Crippen LogP contribution in [0.3, 0.4) is 0 Å². The van der Waals surface area contributed by atoms with E-state index in [-0.39, 0.29) is 12.0 Å². The Morgan fingerprint density at radius 1 is 1.36 bits per heavy atom. The van der Waals surface area contributed by atoms with Gasteiger partial charge in [-0.2, -0.15) is 8.78 Å². The molecule has 1 unspecified atom stereocenters. The number of hydrogen-bond donors (Lipinski definition) is 1. The molecule has 0 radical (unpaired) electrons. The maximum absolute atomic E-state index is 13.5. The highest BCUT2D eigenvalue weighted by Crippen LogP contribution is 2.30. The first-order valence-electron chi connectivity index (χ1n) is 4.22. The lowest BCUT2D eigenvalue weighted by Crippen LogP contribution is -2.39. The zero-order valence-corrected chi connectivity index (χ0v) is 7.71. The SMILES string of the molecule is CC(NC=O)C(F)(F)c1ccccc1. The molecule has 0 spiro atoms. The predicted molar refractivity (Wildman–Crippen MR) is 49.0 cm³/mol. The number of alkyl halides is 2. The van der Waals surface area contributed by atoms with Crippen molar-refractivity contribution >= 4 is 6.41 Å². The van der Waals surface area contributed by atoms with Crippen LogP contribution in [0.1, 0.15) is 12.5 Å². The minimum atomic E-state index is -3.04. The average Bonchev–Trinajstić information content (AvgIpc) is 2.19. The number of carbonyl (C=O) groups excluding carboxylic acids is 1. The van der Waals surface area contributed by atoms with Crippen LogP contribution in [0.15, 0.2) is 30.3 Å². The number of rotatable bonds is 4. The standard InChI is InChI=1S/C10H11F2NO/c1-8(13-7-14)10(11,12)9-5-3-2-4-6-9/h2-8H,1H3,(H,13,14). The molecule has 0 bridgehead atoms. The van der Waals surface area contributed by atoms with Gasteiger partial charge in [0.25, 0.3) is 5.92 Å². The van der Waals surface area contributed by atoms with Gasteiger partial charge in [0.15, 0.2) is 0 Å². The normalized spacial score (nSPS) is 13.4. The van der Waals surface area contributed by atoms with Gasteiger partial charge in [0.2, 0.25) is 6.41 Å². The van der Waals surface area contributed by atoms with Crippen LogP contribution in [-0.2, 0) is 10.7 Å². The van der Waals surface area contributed by atoms with Gasteiger partial charge in [-0.05, 0) is 6.92 Å². The fourth-order valence-electron chi connectivity index (χ4n) is 1.12. The summed E-state index contributed by atoms with van der Waals surface area (Å²) in [7, 11) is 0. The van der Waals surface area contributed by atoms with Gasteiger partial charge in [-0.15, -0.1) is 0 Å². The zero-order chi connectivity index (χ0) is 10.6. The van der Waals surface area contributed by atoms with Crippen molar-refractivity contribution in [2.45, 2.75) is 18.9 Å². The van der Waals surface area contributed by atoms with Crippen molar-refractivity contribution in [2.75, 3.05) is 0 Å². The number of benzene rings is 1. The molecule has 1 aromatic rings. The average molecular weight is 199 g/mol. The minimum Gasteiger partial charge on any atom is -0.350 e. The van der Waals surface area contributed by atoms with Crippen LogP contribution in [0.5, 0.6) is 0 Å². The first-order valence-corrected chi connectivity index (χ1v) is 4.22.